The molecule has 2 aromatic rings. The van der Waals surface area contributed by atoms with Gasteiger partial charge in [0.25, 0.3) is 0 Å². The molecule has 0 unspecified atom stereocenters. The Morgan fingerprint density at radius 1 is 0.529 bits per heavy atom. The first-order valence-corrected chi connectivity index (χ1v) is 22.3. The van der Waals surface area contributed by atoms with Crippen molar-refractivity contribution in [3.8, 4) is 11.5 Å². The molecule has 22 nitrogen and oxygen atoms in total. The fourth-order valence-electron chi connectivity index (χ4n) is 7.35. The number of benzene rings is 2. The molecule has 2 atom stereocenters. The van der Waals surface area contributed by atoms with Gasteiger partial charge in [0.1, 0.15) is 17.5 Å². The minimum atomic E-state index is -1.46. The molecule has 22 heteroatoms. The molecule has 68 heavy (non-hydrogen) atoms. The highest BCUT2D eigenvalue weighted by molar-refractivity contribution is 5.86. The molecule has 0 bridgehead atoms. The van der Waals surface area contributed by atoms with Crippen molar-refractivity contribution < 1.29 is 84.0 Å². The lowest BCUT2D eigenvalue weighted by atomic mass is 9.97. The van der Waals surface area contributed by atoms with Gasteiger partial charge in [0.15, 0.2) is 0 Å². The number of amides is 3. The van der Waals surface area contributed by atoms with Crippen LogP contribution in [0.15, 0.2) is 24.3 Å². The maximum absolute atomic E-state index is 12.7. The number of nitrogens with zero attached hydrogens (tertiary/aromatic N) is 2. The number of aromatic hydroxyl groups is 2. The number of aryl methyl sites for hydroxylation is 4. The Kier molecular flexibility index (Phi) is 25.1. The van der Waals surface area contributed by atoms with Crippen LogP contribution in [-0.4, -0.2) is 149 Å². The van der Waals surface area contributed by atoms with Gasteiger partial charge < -0.3 is 56.8 Å². The van der Waals surface area contributed by atoms with Gasteiger partial charge in [0.05, 0.1) is 19.0 Å². The zero-order valence-corrected chi connectivity index (χ0v) is 38.5. The van der Waals surface area contributed by atoms with Crippen molar-refractivity contribution in [2.45, 2.75) is 116 Å². The van der Waals surface area contributed by atoms with Crippen LogP contribution < -0.4 is 16.0 Å². The van der Waals surface area contributed by atoms with E-state index < -0.39 is 79.6 Å². The minimum absolute atomic E-state index is 0.0191. The average Bonchev–Trinajstić information content (AvgIpc) is 3.24. The van der Waals surface area contributed by atoms with E-state index in [9.17, 15) is 73.8 Å². The number of aliphatic carboxylic acids is 6. The van der Waals surface area contributed by atoms with Gasteiger partial charge in [-0.05, 0) is 81.0 Å². The first kappa shape index (κ1) is 57.3. The predicted octanol–water partition coefficient (Wildman–Crippen LogP) is 2.24. The topological polar surface area (TPSA) is 358 Å². The largest absolute Gasteiger partial charge is 0.507 e. The van der Waals surface area contributed by atoms with Crippen molar-refractivity contribution in [2.24, 2.45) is 5.92 Å². The third-order valence-electron chi connectivity index (χ3n) is 10.9. The number of carbonyl (C=O) groups excluding carboxylic acids is 3. The third-order valence-corrected chi connectivity index (χ3v) is 10.9. The van der Waals surface area contributed by atoms with Crippen LogP contribution in [-0.2, 0) is 69.1 Å². The molecule has 0 heterocycles. The van der Waals surface area contributed by atoms with E-state index in [0.717, 1.165) is 0 Å². The highest BCUT2D eigenvalue weighted by atomic mass is 16.4. The van der Waals surface area contributed by atoms with Gasteiger partial charge in [-0.3, -0.25) is 48.2 Å². The van der Waals surface area contributed by atoms with Gasteiger partial charge >= 0.3 is 35.8 Å². The van der Waals surface area contributed by atoms with E-state index in [4.69, 9.17) is 10.2 Å². The van der Waals surface area contributed by atoms with E-state index >= 15 is 0 Å². The van der Waals surface area contributed by atoms with E-state index in [1.807, 2.05) is 0 Å². The number of carbonyl (C=O) groups is 9. The van der Waals surface area contributed by atoms with E-state index in [1.165, 1.54) is 9.80 Å². The van der Waals surface area contributed by atoms with Crippen LogP contribution in [0, 0.1) is 19.8 Å². The molecule has 2 aromatic carbocycles. The second-order valence-electron chi connectivity index (χ2n) is 16.7. The first-order valence-electron chi connectivity index (χ1n) is 22.3. The van der Waals surface area contributed by atoms with Crippen LogP contribution in [0.5, 0.6) is 11.5 Å². The monoisotopic (exact) mass is 959 g/mol. The molecule has 0 saturated heterocycles. The summed E-state index contributed by atoms with van der Waals surface area (Å²) in [6.45, 7) is 3.08. The van der Waals surface area contributed by atoms with Crippen LogP contribution in [0.3, 0.4) is 0 Å². The number of hydrogen-bond acceptors (Lipinski definition) is 13. The number of phenols is 2. The van der Waals surface area contributed by atoms with Crippen molar-refractivity contribution in [3.63, 3.8) is 0 Å². The fourth-order valence-corrected chi connectivity index (χ4v) is 7.35. The number of unbranched alkanes of at least 4 members (excludes halogenated alkanes) is 2. The Labute approximate surface area is 393 Å². The Balaban J connectivity index is 1.83. The molecule has 0 aliphatic rings. The maximum Gasteiger partial charge on any atom is 0.326 e. The Morgan fingerprint density at radius 2 is 1.00 bits per heavy atom. The zero-order chi connectivity index (χ0) is 50.9. The van der Waals surface area contributed by atoms with Gasteiger partial charge in [-0.15, -0.1) is 0 Å². The minimum Gasteiger partial charge on any atom is -0.507 e. The molecular weight excluding hydrogens is 895 g/mol. The predicted molar refractivity (Wildman–Crippen MR) is 242 cm³/mol. The van der Waals surface area contributed by atoms with Crippen LogP contribution in [0.2, 0.25) is 0 Å². The van der Waals surface area contributed by atoms with Crippen molar-refractivity contribution in [1.82, 2.24) is 25.8 Å². The Bertz CT molecular complexity index is 2090. The van der Waals surface area contributed by atoms with Crippen LogP contribution in [0.1, 0.15) is 104 Å². The van der Waals surface area contributed by atoms with E-state index in [-0.39, 0.29) is 94.6 Å². The van der Waals surface area contributed by atoms with E-state index in [0.29, 0.717) is 72.0 Å². The normalized spacial score (nSPS) is 12.0. The molecule has 3 amide bonds. The number of rotatable bonds is 35. The van der Waals surface area contributed by atoms with Crippen LogP contribution in [0.4, 0.5) is 0 Å². The summed E-state index contributed by atoms with van der Waals surface area (Å²) in [6, 6.07) is 5.22. The molecule has 11 N–H and O–H groups in total. The SMILES string of the molecule is Cc1cc(CCC(=O)O)cc(CN(CCN(CC(=O)O)Cc2cc(CCC(=O)NCCCCC(=O)NCCCC[C@H](CC(=O)N[C@@H](CCC(=O)O)C(=O)O)C(=O)O)cc(C)c2O)CC(=O)O)c1O. The number of carboxylic acids is 6. The summed E-state index contributed by atoms with van der Waals surface area (Å²) in [5.41, 5.74) is 3.15. The van der Waals surface area contributed by atoms with Gasteiger partial charge in [-0.2, -0.15) is 0 Å². The van der Waals surface area contributed by atoms with Crippen molar-refractivity contribution in [3.05, 3.63) is 57.6 Å². The van der Waals surface area contributed by atoms with Gasteiger partial charge in [0.2, 0.25) is 17.7 Å². The zero-order valence-electron chi connectivity index (χ0n) is 38.5. The Hall–Kier alpha value is -6.81. The summed E-state index contributed by atoms with van der Waals surface area (Å²) in [5, 5.41) is 85.3. The van der Waals surface area contributed by atoms with Crippen molar-refractivity contribution in [2.75, 3.05) is 39.3 Å². The average molecular weight is 960 g/mol. The molecule has 0 fully saturated rings. The lowest BCUT2D eigenvalue weighted by Crippen LogP contribution is -2.42. The number of carboxylic acid groups (broad SMARTS) is 6. The molecule has 376 valence electrons. The third kappa shape index (κ3) is 23.1. The summed E-state index contributed by atoms with van der Waals surface area (Å²) in [6.07, 6.45) is 1.15. The lowest BCUT2D eigenvalue weighted by Gasteiger charge is -2.27. The number of nitrogens with one attached hydrogen (secondary N) is 3. The van der Waals surface area contributed by atoms with Crippen LogP contribution >= 0.6 is 0 Å². The summed E-state index contributed by atoms with van der Waals surface area (Å²) >= 11 is 0. The smallest absolute Gasteiger partial charge is 0.326 e. The number of phenolic OH excluding ortho intramolecular Hbond substituents is 2. The highest BCUT2D eigenvalue weighted by Crippen LogP contribution is 2.28. The number of hydrogen-bond donors (Lipinski definition) is 11. The highest BCUT2D eigenvalue weighted by Gasteiger charge is 2.26. The maximum atomic E-state index is 12.7. The van der Waals surface area contributed by atoms with E-state index in [1.54, 1.807) is 38.1 Å². The van der Waals surface area contributed by atoms with E-state index in [2.05, 4.69) is 16.0 Å². The fraction of sp³-hybridized carbons (Fsp3) is 0.543. The summed E-state index contributed by atoms with van der Waals surface area (Å²) < 4.78 is 0. The molecule has 2 rings (SSSR count). The van der Waals surface area contributed by atoms with Gasteiger partial charge in [-0.25, -0.2) is 4.79 Å². The molecule has 0 radical (unpaired) electrons. The second-order valence-corrected chi connectivity index (χ2v) is 16.7. The molecular formula is C46H65N5O17. The Morgan fingerprint density at radius 3 is 1.46 bits per heavy atom. The summed E-state index contributed by atoms with van der Waals surface area (Å²) in [5.74, 6) is -9.77. The van der Waals surface area contributed by atoms with Crippen molar-refractivity contribution >= 4 is 53.5 Å². The van der Waals surface area contributed by atoms with Gasteiger partial charge in [0, 0.05) is 82.5 Å². The quantitative estimate of drug-likeness (QED) is 0.0441. The molecule has 0 saturated carbocycles. The second kappa shape index (κ2) is 29.8. The molecule has 0 spiro atoms. The molecule has 0 aromatic heterocycles. The van der Waals surface area contributed by atoms with Crippen LogP contribution in [0.25, 0.3) is 0 Å². The first-order chi connectivity index (χ1) is 32.0. The molecule has 0 aliphatic carbocycles. The van der Waals surface area contributed by atoms with Crippen molar-refractivity contribution in [1.29, 1.82) is 0 Å². The lowest BCUT2D eigenvalue weighted by molar-refractivity contribution is -0.145. The van der Waals surface area contributed by atoms with Gasteiger partial charge in [-0.1, -0.05) is 30.7 Å². The summed E-state index contributed by atoms with van der Waals surface area (Å²) in [7, 11) is 0. The molecule has 0 aliphatic heterocycles. The summed E-state index contributed by atoms with van der Waals surface area (Å²) in [4.78, 5) is 109. The standard InChI is InChI=1S/C46H65N5O17/c1-28-19-30(9-12-37(53)48-16-6-4-8-36(52)47-15-5-3-7-32(45(65)66)23-38(54)49-35(46(67)68)11-14-40(57)58)21-33(43(28)63)24-50(26-41(59)60)17-18-51(27-42(61)62)25-34-22-31(10-13-39(55)56)20-29(2)44(34)64/h19-22,32,35,63-64H,3-18,23-27H2,1-2H3,(H,47,52)(H,48,53)(H,49,54)(H,55,56)(H,57,58)(H,59,60)(H,61,62)(H,65,66)(H,67,68)/t32-,35+/m1/s1.